The summed E-state index contributed by atoms with van der Waals surface area (Å²) in [6.45, 7) is 0.0603. The Bertz CT molecular complexity index is 1320. The van der Waals surface area contributed by atoms with Crippen LogP contribution in [0.3, 0.4) is 0 Å². The number of pyridine rings is 2. The number of halogens is 2. The number of aliphatic hydroxyl groups is 1. The number of alkyl halides is 2. The van der Waals surface area contributed by atoms with Crippen LogP contribution in [0.2, 0.25) is 0 Å². The topological polar surface area (TPSA) is 128 Å². The summed E-state index contributed by atoms with van der Waals surface area (Å²) in [5.74, 6) is -3.06. The van der Waals surface area contributed by atoms with Crippen molar-refractivity contribution < 1.29 is 27.1 Å². The van der Waals surface area contributed by atoms with Gasteiger partial charge in [-0.1, -0.05) is 0 Å². The Morgan fingerprint density at radius 3 is 2.45 bits per heavy atom. The first-order valence-corrected chi connectivity index (χ1v) is 15.3. The third-order valence-corrected chi connectivity index (χ3v) is 9.31. The van der Waals surface area contributed by atoms with E-state index in [0.717, 1.165) is 30.8 Å². The van der Waals surface area contributed by atoms with Crippen molar-refractivity contribution in [2.24, 2.45) is 5.41 Å². The lowest BCUT2D eigenvalue weighted by atomic mass is 9.93. The van der Waals surface area contributed by atoms with Crippen molar-refractivity contribution in [3.63, 3.8) is 0 Å². The van der Waals surface area contributed by atoms with Gasteiger partial charge < -0.3 is 20.2 Å². The van der Waals surface area contributed by atoms with Gasteiger partial charge >= 0.3 is 0 Å². The first-order chi connectivity index (χ1) is 18.0. The second kappa shape index (κ2) is 10.1. The second-order valence-electron chi connectivity index (χ2n) is 10.1. The zero-order valence-corrected chi connectivity index (χ0v) is 22.5. The fourth-order valence-corrected chi connectivity index (χ4v) is 6.24. The van der Waals surface area contributed by atoms with Crippen molar-refractivity contribution >= 4 is 50.8 Å². The van der Waals surface area contributed by atoms with E-state index in [9.17, 15) is 22.0 Å². The van der Waals surface area contributed by atoms with Crippen molar-refractivity contribution in [2.75, 3.05) is 64.6 Å². The smallest absolute Gasteiger partial charge is 0.282 e. The first kappa shape index (κ1) is 26.9. The first-order valence-electron chi connectivity index (χ1n) is 12.4. The van der Waals surface area contributed by atoms with Crippen LogP contribution in [0.4, 0.5) is 31.9 Å². The van der Waals surface area contributed by atoms with E-state index in [1.807, 2.05) is 6.26 Å². The maximum Gasteiger partial charge on any atom is 0.282 e. The molecule has 2 saturated heterocycles. The van der Waals surface area contributed by atoms with E-state index in [4.69, 9.17) is 5.11 Å². The number of amides is 1. The van der Waals surface area contributed by atoms with Crippen LogP contribution in [0.15, 0.2) is 29.3 Å². The molecule has 3 aliphatic rings. The van der Waals surface area contributed by atoms with E-state index in [1.165, 1.54) is 41.8 Å². The Balaban J connectivity index is 1.40. The molecule has 1 saturated carbocycles. The summed E-state index contributed by atoms with van der Waals surface area (Å²) < 4.78 is 53.7. The molecule has 0 bridgehead atoms. The van der Waals surface area contributed by atoms with E-state index in [2.05, 4.69) is 24.9 Å². The number of anilines is 4. The van der Waals surface area contributed by atoms with Gasteiger partial charge in [-0.3, -0.25) is 9.52 Å². The molecule has 2 aliphatic heterocycles. The van der Waals surface area contributed by atoms with Crippen LogP contribution in [-0.2, 0) is 10.0 Å². The van der Waals surface area contributed by atoms with Crippen LogP contribution in [0.25, 0.3) is 0 Å². The number of hydrogen-bond acceptors (Lipinski definition) is 9. The summed E-state index contributed by atoms with van der Waals surface area (Å²) in [5, 5.41) is 11.8. The van der Waals surface area contributed by atoms with Crippen LogP contribution in [-0.4, -0.2) is 80.1 Å². The molecule has 2 aromatic rings. The van der Waals surface area contributed by atoms with E-state index < -0.39 is 47.3 Å². The Labute approximate surface area is 224 Å². The van der Waals surface area contributed by atoms with Gasteiger partial charge in [0, 0.05) is 30.2 Å². The molecule has 0 aromatic carbocycles. The monoisotopic (exact) mass is 568 g/mol. The van der Waals surface area contributed by atoms with Gasteiger partial charge in [0.15, 0.2) is 0 Å². The minimum absolute atomic E-state index is 0.0557. The molecule has 10 nitrogen and oxygen atoms in total. The zero-order chi connectivity index (χ0) is 27.1. The molecule has 0 radical (unpaired) electrons. The number of hydrogen-bond donors (Lipinski definition) is 3. The summed E-state index contributed by atoms with van der Waals surface area (Å²) in [6, 6.07) is 4.89. The van der Waals surface area contributed by atoms with Crippen LogP contribution >= 0.6 is 11.8 Å². The lowest BCUT2D eigenvalue weighted by Gasteiger charge is -2.40. The van der Waals surface area contributed by atoms with E-state index in [0.29, 0.717) is 16.9 Å². The van der Waals surface area contributed by atoms with Crippen LogP contribution in [0.1, 0.15) is 36.0 Å². The van der Waals surface area contributed by atoms with Gasteiger partial charge in [0.05, 0.1) is 36.7 Å². The Morgan fingerprint density at radius 2 is 1.84 bits per heavy atom. The van der Waals surface area contributed by atoms with Crippen LogP contribution < -0.4 is 19.8 Å². The van der Waals surface area contributed by atoms with Gasteiger partial charge in [0.25, 0.3) is 11.8 Å². The van der Waals surface area contributed by atoms with Gasteiger partial charge in [0.2, 0.25) is 10.0 Å². The standard InChI is InChI=1S/C24H30F2N6O4S2/c1-37-18-2-3-19(28-21(18)32-14-24(25,26)15-32)29-22(34)16-13-27-20(30-38(35,36)11-10-33)12-17(16)31-8-6-23(4-5-23)7-9-31/h2-3,12-13,33H,4-11,14-15H2,1H3,(H,27,30)(H,28,29,34). The highest BCUT2D eigenvalue weighted by Crippen LogP contribution is 2.54. The maximum atomic E-state index is 13.5. The van der Waals surface area contributed by atoms with Crippen LogP contribution in [0.5, 0.6) is 0 Å². The molecule has 0 atom stereocenters. The van der Waals surface area contributed by atoms with Gasteiger partial charge in [-0.05, 0) is 49.5 Å². The lowest BCUT2D eigenvalue weighted by molar-refractivity contribution is -0.0269. The fourth-order valence-electron chi connectivity index (χ4n) is 4.90. The molecule has 14 heteroatoms. The van der Waals surface area contributed by atoms with Crippen molar-refractivity contribution in [3.8, 4) is 0 Å². The largest absolute Gasteiger partial charge is 0.395 e. The Hall–Kier alpha value is -2.71. The number of carbonyl (C=O) groups is 1. The highest BCUT2D eigenvalue weighted by Gasteiger charge is 2.46. The van der Waals surface area contributed by atoms with Gasteiger partial charge in [0.1, 0.15) is 17.5 Å². The molecular weight excluding hydrogens is 538 g/mol. The minimum atomic E-state index is -3.80. The Kier molecular flexibility index (Phi) is 7.16. The second-order valence-corrected chi connectivity index (χ2v) is 12.8. The van der Waals surface area contributed by atoms with Crippen LogP contribution in [0, 0.1) is 5.41 Å². The quantitative estimate of drug-likeness (QED) is 0.391. The number of nitrogens with one attached hydrogen (secondary N) is 2. The number of rotatable bonds is 9. The third kappa shape index (κ3) is 5.81. The molecule has 0 unspecified atom stereocenters. The molecule has 4 heterocycles. The Morgan fingerprint density at radius 1 is 1.13 bits per heavy atom. The molecule has 5 rings (SSSR count). The highest BCUT2D eigenvalue weighted by molar-refractivity contribution is 7.98. The van der Waals surface area contributed by atoms with Gasteiger partial charge in [-0.15, -0.1) is 11.8 Å². The third-order valence-electron chi connectivity index (χ3n) is 7.31. The van der Waals surface area contributed by atoms with Crippen molar-refractivity contribution in [3.05, 3.63) is 30.0 Å². The number of aliphatic hydroxyl groups excluding tert-OH is 1. The molecule has 1 spiro atoms. The maximum absolute atomic E-state index is 13.5. The fraction of sp³-hybridized carbons (Fsp3) is 0.542. The molecule has 3 N–H and O–H groups in total. The molecule has 206 valence electrons. The van der Waals surface area contributed by atoms with Crippen molar-refractivity contribution in [1.82, 2.24) is 9.97 Å². The molecular formula is C24H30F2N6O4S2. The van der Waals surface area contributed by atoms with E-state index in [1.54, 1.807) is 12.1 Å². The van der Waals surface area contributed by atoms with Gasteiger partial charge in [-0.2, -0.15) is 0 Å². The van der Waals surface area contributed by atoms with Gasteiger partial charge in [-0.25, -0.2) is 27.2 Å². The van der Waals surface area contributed by atoms with Crippen molar-refractivity contribution in [1.29, 1.82) is 0 Å². The summed E-state index contributed by atoms with van der Waals surface area (Å²) in [4.78, 5) is 26.3. The SMILES string of the molecule is CSc1ccc(NC(=O)c2cnc(NS(=O)(=O)CCO)cc2N2CCC3(CC2)CC3)nc1N1CC(F)(F)C1. The summed E-state index contributed by atoms with van der Waals surface area (Å²) in [7, 11) is -3.80. The molecule has 3 fully saturated rings. The molecule has 1 amide bonds. The summed E-state index contributed by atoms with van der Waals surface area (Å²) in [5.41, 5.74) is 1.18. The summed E-state index contributed by atoms with van der Waals surface area (Å²) >= 11 is 1.38. The number of thioether (sulfide) groups is 1. The predicted octanol–water partition coefficient (Wildman–Crippen LogP) is 3.02. The summed E-state index contributed by atoms with van der Waals surface area (Å²) in [6.07, 6.45) is 7.54. The lowest BCUT2D eigenvalue weighted by Crippen LogP contribution is -2.56. The van der Waals surface area contributed by atoms with E-state index >= 15 is 0 Å². The average molecular weight is 569 g/mol. The zero-order valence-electron chi connectivity index (χ0n) is 20.9. The minimum Gasteiger partial charge on any atom is -0.395 e. The van der Waals surface area contributed by atoms with E-state index in [-0.39, 0.29) is 17.2 Å². The number of aromatic nitrogens is 2. The molecule has 2 aromatic heterocycles. The highest BCUT2D eigenvalue weighted by atomic mass is 32.2. The normalized spacial score (nSPS) is 19.7. The number of piperidine rings is 1. The number of sulfonamides is 1. The number of carbonyl (C=O) groups excluding carboxylic acids is 1. The number of nitrogens with zero attached hydrogens (tertiary/aromatic N) is 4. The molecule has 1 aliphatic carbocycles. The average Bonchev–Trinajstić information content (AvgIpc) is 3.61. The van der Waals surface area contributed by atoms with Crippen molar-refractivity contribution in [2.45, 2.75) is 36.5 Å². The predicted molar refractivity (Wildman–Crippen MR) is 143 cm³/mol. The molecule has 38 heavy (non-hydrogen) atoms.